The van der Waals surface area contributed by atoms with Gasteiger partial charge in [-0.1, -0.05) is 25.0 Å². The third kappa shape index (κ3) is 3.26. The van der Waals surface area contributed by atoms with Gasteiger partial charge < -0.3 is 16.2 Å². The zero-order valence-electron chi connectivity index (χ0n) is 11.4. The Bertz CT molecular complexity index is 459. The van der Waals surface area contributed by atoms with Gasteiger partial charge >= 0.3 is 0 Å². The number of nitrogens with one attached hydrogen (secondary N) is 1. The van der Waals surface area contributed by atoms with Crippen LogP contribution in [0.2, 0.25) is 0 Å². The Hall–Kier alpha value is -1.55. The quantitative estimate of drug-likeness (QED) is 0.728. The molecule has 0 radical (unpaired) electrons. The summed E-state index contributed by atoms with van der Waals surface area (Å²) in [6, 6.07) is 5.45. The van der Waals surface area contributed by atoms with Crippen molar-refractivity contribution in [1.82, 2.24) is 5.32 Å². The monoisotopic (exact) mass is 262 g/mol. The number of para-hydroxylation sites is 1. The van der Waals surface area contributed by atoms with Crippen molar-refractivity contribution in [2.75, 3.05) is 12.3 Å². The number of aryl methyl sites for hydroxylation is 1. The van der Waals surface area contributed by atoms with Crippen molar-refractivity contribution >= 4 is 11.6 Å². The number of carbonyl (C=O) groups is 1. The van der Waals surface area contributed by atoms with Gasteiger partial charge in [0.05, 0.1) is 11.7 Å². The molecule has 2 rings (SSSR count). The molecule has 19 heavy (non-hydrogen) atoms. The van der Waals surface area contributed by atoms with Crippen LogP contribution in [0.5, 0.6) is 0 Å². The molecule has 1 fully saturated rings. The zero-order valence-corrected chi connectivity index (χ0v) is 11.4. The summed E-state index contributed by atoms with van der Waals surface area (Å²) in [6.07, 6.45) is 3.74. The van der Waals surface area contributed by atoms with E-state index in [1.54, 1.807) is 6.07 Å². The molecule has 0 aromatic heterocycles. The molecular weight excluding hydrogens is 240 g/mol. The van der Waals surface area contributed by atoms with E-state index >= 15 is 0 Å². The lowest BCUT2D eigenvalue weighted by atomic mass is 9.86. The first kappa shape index (κ1) is 13.9. The van der Waals surface area contributed by atoms with Gasteiger partial charge in [-0.2, -0.15) is 0 Å². The van der Waals surface area contributed by atoms with Crippen molar-refractivity contribution in [2.45, 2.75) is 38.7 Å². The van der Waals surface area contributed by atoms with E-state index < -0.39 is 0 Å². The molecule has 1 aromatic carbocycles. The summed E-state index contributed by atoms with van der Waals surface area (Å²) in [5.74, 6) is 0.0164. The predicted octanol–water partition coefficient (Wildman–Crippen LogP) is 1.86. The summed E-state index contributed by atoms with van der Waals surface area (Å²) in [7, 11) is 0. The fraction of sp³-hybridized carbons (Fsp3) is 0.533. The molecule has 4 heteroatoms. The molecule has 4 N–H and O–H groups in total. The molecule has 0 heterocycles. The maximum atomic E-state index is 12.1. The van der Waals surface area contributed by atoms with E-state index in [0.29, 0.717) is 17.8 Å². The number of rotatable bonds is 3. The predicted molar refractivity (Wildman–Crippen MR) is 75.9 cm³/mol. The van der Waals surface area contributed by atoms with Gasteiger partial charge in [-0.3, -0.25) is 4.79 Å². The topological polar surface area (TPSA) is 75.3 Å². The lowest BCUT2D eigenvalue weighted by Crippen LogP contribution is -2.36. The summed E-state index contributed by atoms with van der Waals surface area (Å²) in [6.45, 7) is 2.41. The highest BCUT2D eigenvalue weighted by molar-refractivity contribution is 5.99. The van der Waals surface area contributed by atoms with E-state index in [-0.39, 0.29) is 17.9 Å². The Morgan fingerprint density at radius 3 is 2.89 bits per heavy atom. The van der Waals surface area contributed by atoms with Crippen LogP contribution < -0.4 is 11.1 Å². The molecule has 1 amide bonds. The Balaban J connectivity index is 1.95. The van der Waals surface area contributed by atoms with Crippen LogP contribution in [-0.4, -0.2) is 23.7 Å². The average Bonchev–Trinajstić information content (AvgIpc) is 2.40. The molecule has 4 nitrogen and oxygen atoms in total. The second-order valence-corrected chi connectivity index (χ2v) is 5.36. The van der Waals surface area contributed by atoms with Crippen LogP contribution in [0.15, 0.2) is 18.2 Å². The van der Waals surface area contributed by atoms with Gasteiger partial charge in [0.25, 0.3) is 5.91 Å². The summed E-state index contributed by atoms with van der Waals surface area (Å²) in [5.41, 5.74) is 7.87. The van der Waals surface area contributed by atoms with Gasteiger partial charge in [0.2, 0.25) is 0 Å². The van der Waals surface area contributed by atoms with E-state index in [1.165, 1.54) is 0 Å². The first-order chi connectivity index (χ1) is 9.09. The molecule has 1 saturated carbocycles. The summed E-state index contributed by atoms with van der Waals surface area (Å²) >= 11 is 0. The van der Waals surface area contributed by atoms with E-state index in [0.717, 1.165) is 31.2 Å². The highest BCUT2D eigenvalue weighted by Gasteiger charge is 2.23. The van der Waals surface area contributed by atoms with Crippen LogP contribution in [0.4, 0.5) is 5.69 Å². The Labute approximate surface area is 114 Å². The van der Waals surface area contributed by atoms with Gasteiger partial charge in [0, 0.05) is 18.2 Å². The minimum Gasteiger partial charge on any atom is -0.398 e. The van der Waals surface area contributed by atoms with E-state index in [1.807, 2.05) is 19.1 Å². The summed E-state index contributed by atoms with van der Waals surface area (Å²) < 4.78 is 0. The Morgan fingerprint density at radius 2 is 2.16 bits per heavy atom. The molecule has 1 aliphatic carbocycles. The SMILES string of the molecule is Cc1cccc(C(=O)NCC2CCCCC2O)c1N. The molecule has 104 valence electrons. The molecule has 0 aliphatic heterocycles. The number of benzene rings is 1. The number of hydrogen-bond donors (Lipinski definition) is 3. The van der Waals surface area contributed by atoms with Crippen LogP contribution in [0, 0.1) is 12.8 Å². The number of anilines is 1. The lowest BCUT2D eigenvalue weighted by Gasteiger charge is -2.27. The maximum absolute atomic E-state index is 12.1. The third-order valence-corrected chi connectivity index (χ3v) is 3.96. The van der Waals surface area contributed by atoms with E-state index in [4.69, 9.17) is 5.73 Å². The van der Waals surface area contributed by atoms with Crippen molar-refractivity contribution in [2.24, 2.45) is 5.92 Å². The number of nitrogen functional groups attached to an aromatic ring is 1. The van der Waals surface area contributed by atoms with Crippen LogP contribution in [-0.2, 0) is 0 Å². The zero-order chi connectivity index (χ0) is 13.8. The maximum Gasteiger partial charge on any atom is 0.253 e. The Morgan fingerprint density at radius 1 is 1.42 bits per heavy atom. The molecule has 2 unspecified atom stereocenters. The normalized spacial score (nSPS) is 23.1. The van der Waals surface area contributed by atoms with E-state index in [2.05, 4.69) is 5.32 Å². The van der Waals surface area contributed by atoms with Crippen LogP contribution in [0.3, 0.4) is 0 Å². The largest absolute Gasteiger partial charge is 0.398 e. The third-order valence-electron chi connectivity index (χ3n) is 3.96. The second-order valence-electron chi connectivity index (χ2n) is 5.36. The highest BCUT2D eigenvalue weighted by Crippen LogP contribution is 2.24. The second kappa shape index (κ2) is 6.06. The fourth-order valence-corrected chi connectivity index (χ4v) is 2.62. The van der Waals surface area contributed by atoms with Crippen molar-refractivity contribution in [1.29, 1.82) is 0 Å². The first-order valence-corrected chi connectivity index (χ1v) is 6.91. The summed E-state index contributed by atoms with van der Waals surface area (Å²) in [5, 5.41) is 12.8. The van der Waals surface area contributed by atoms with Gasteiger partial charge in [-0.25, -0.2) is 0 Å². The van der Waals surface area contributed by atoms with Gasteiger partial charge in [-0.05, 0) is 31.4 Å². The van der Waals surface area contributed by atoms with Crippen molar-refractivity contribution in [3.8, 4) is 0 Å². The Kier molecular flexibility index (Phi) is 4.43. The van der Waals surface area contributed by atoms with Crippen molar-refractivity contribution in [3.05, 3.63) is 29.3 Å². The fourth-order valence-electron chi connectivity index (χ4n) is 2.62. The summed E-state index contributed by atoms with van der Waals surface area (Å²) in [4.78, 5) is 12.1. The molecular formula is C15H22N2O2. The van der Waals surface area contributed by atoms with Crippen LogP contribution in [0.25, 0.3) is 0 Å². The van der Waals surface area contributed by atoms with Gasteiger partial charge in [-0.15, -0.1) is 0 Å². The highest BCUT2D eigenvalue weighted by atomic mass is 16.3. The smallest absolute Gasteiger partial charge is 0.253 e. The number of hydrogen-bond acceptors (Lipinski definition) is 3. The minimum absolute atomic E-state index is 0.154. The number of nitrogens with two attached hydrogens (primary N) is 1. The number of carbonyl (C=O) groups excluding carboxylic acids is 1. The molecule has 0 saturated heterocycles. The number of amides is 1. The number of aliphatic hydroxyl groups is 1. The molecule has 2 atom stereocenters. The van der Waals surface area contributed by atoms with Gasteiger partial charge in [0.1, 0.15) is 0 Å². The number of aliphatic hydroxyl groups excluding tert-OH is 1. The molecule has 0 bridgehead atoms. The minimum atomic E-state index is -0.288. The lowest BCUT2D eigenvalue weighted by molar-refractivity contribution is 0.0663. The van der Waals surface area contributed by atoms with Crippen molar-refractivity contribution in [3.63, 3.8) is 0 Å². The van der Waals surface area contributed by atoms with Crippen LogP contribution in [0.1, 0.15) is 41.6 Å². The average molecular weight is 262 g/mol. The van der Waals surface area contributed by atoms with Crippen molar-refractivity contribution < 1.29 is 9.90 Å². The van der Waals surface area contributed by atoms with E-state index in [9.17, 15) is 9.90 Å². The standard InChI is InChI=1S/C15H22N2O2/c1-10-5-4-7-12(14(10)16)15(19)17-9-11-6-2-3-8-13(11)18/h4-5,7,11,13,18H,2-3,6,8-9,16H2,1H3,(H,17,19). The van der Waals surface area contributed by atoms with Gasteiger partial charge in [0.15, 0.2) is 0 Å². The molecule has 0 spiro atoms. The molecule has 1 aliphatic rings. The first-order valence-electron chi connectivity index (χ1n) is 6.91. The molecule has 1 aromatic rings. The van der Waals surface area contributed by atoms with Crippen LogP contribution >= 0.6 is 0 Å².